The zero-order valence-electron chi connectivity index (χ0n) is 19.6. The molecule has 9 heteroatoms. The second-order valence-corrected chi connectivity index (χ2v) is 8.84. The van der Waals surface area contributed by atoms with E-state index >= 15 is 0 Å². The number of carbonyl (C=O) groups excluding carboxylic acids is 2. The topological polar surface area (TPSA) is 124 Å². The number of ether oxygens (including phenoxy) is 1. The number of urea groups is 1. The Labute approximate surface area is 202 Å². The molecule has 0 atom stereocenters. The fourth-order valence-corrected chi connectivity index (χ4v) is 3.46. The van der Waals surface area contributed by atoms with E-state index in [0.29, 0.717) is 22.8 Å². The summed E-state index contributed by atoms with van der Waals surface area (Å²) in [4.78, 5) is 28.4. The van der Waals surface area contributed by atoms with Crippen molar-refractivity contribution in [3.05, 3.63) is 90.4 Å². The van der Waals surface area contributed by atoms with Gasteiger partial charge in [0.2, 0.25) is 5.88 Å². The predicted molar refractivity (Wildman–Crippen MR) is 134 cm³/mol. The summed E-state index contributed by atoms with van der Waals surface area (Å²) in [6.45, 7) is 6.31. The van der Waals surface area contributed by atoms with Crippen LogP contribution in [-0.2, 0) is 5.41 Å². The van der Waals surface area contributed by atoms with E-state index in [4.69, 9.17) is 10.5 Å². The smallest absolute Gasteiger partial charge is 0.323 e. The van der Waals surface area contributed by atoms with Crippen molar-refractivity contribution < 1.29 is 14.3 Å². The first kappa shape index (κ1) is 23.5. The first-order chi connectivity index (χ1) is 16.7. The van der Waals surface area contributed by atoms with Crippen LogP contribution < -0.4 is 21.1 Å². The lowest BCUT2D eigenvalue weighted by Crippen LogP contribution is -2.20. The molecule has 9 nitrogen and oxygen atoms in total. The van der Waals surface area contributed by atoms with Crippen molar-refractivity contribution in [3.8, 4) is 17.3 Å². The molecule has 0 spiro atoms. The Kier molecular flexibility index (Phi) is 6.50. The Hall–Kier alpha value is -4.66. The average molecular weight is 471 g/mol. The highest BCUT2D eigenvalue weighted by Gasteiger charge is 2.20. The summed E-state index contributed by atoms with van der Waals surface area (Å²) in [6.07, 6.45) is 3.22. The van der Waals surface area contributed by atoms with Crippen LogP contribution in [-0.4, -0.2) is 26.7 Å². The number of pyridine rings is 1. The third-order valence-electron chi connectivity index (χ3n) is 5.13. The van der Waals surface area contributed by atoms with Gasteiger partial charge in [0.25, 0.3) is 5.91 Å². The molecule has 0 fully saturated rings. The Balaban J connectivity index is 1.50. The number of nitrogens with zero attached hydrogens (tertiary/aromatic N) is 3. The van der Waals surface area contributed by atoms with Crippen molar-refractivity contribution in [3.63, 3.8) is 0 Å². The average Bonchev–Trinajstić information content (AvgIpc) is 3.31. The van der Waals surface area contributed by atoms with Crippen LogP contribution in [0.2, 0.25) is 0 Å². The number of para-hydroxylation sites is 1. The Morgan fingerprint density at radius 3 is 2.51 bits per heavy atom. The molecule has 2 aromatic heterocycles. The Bertz CT molecular complexity index is 1370. The zero-order valence-corrected chi connectivity index (χ0v) is 19.6. The molecule has 0 saturated heterocycles. The number of carbonyl (C=O) groups is 2. The van der Waals surface area contributed by atoms with Gasteiger partial charge in [-0.3, -0.25) is 4.79 Å². The van der Waals surface area contributed by atoms with Gasteiger partial charge in [0.15, 0.2) is 0 Å². The second-order valence-electron chi connectivity index (χ2n) is 8.84. The van der Waals surface area contributed by atoms with E-state index in [1.165, 1.54) is 10.7 Å². The van der Waals surface area contributed by atoms with E-state index < -0.39 is 11.9 Å². The molecule has 4 aromatic rings. The predicted octanol–water partition coefficient (Wildman–Crippen LogP) is 5.10. The van der Waals surface area contributed by atoms with E-state index in [1.54, 1.807) is 48.8 Å². The molecule has 0 saturated carbocycles. The molecule has 35 heavy (non-hydrogen) atoms. The minimum absolute atomic E-state index is 0.131. The summed E-state index contributed by atoms with van der Waals surface area (Å²) < 4.78 is 7.62. The van der Waals surface area contributed by atoms with E-state index in [0.717, 1.165) is 5.56 Å². The van der Waals surface area contributed by atoms with Crippen LogP contribution in [0.1, 0.15) is 36.8 Å². The fourth-order valence-electron chi connectivity index (χ4n) is 3.46. The van der Waals surface area contributed by atoms with E-state index in [1.807, 2.05) is 24.3 Å². The molecule has 0 unspecified atom stereocenters. The monoisotopic (exact) mass is 470 g/mol. The summed E-state index contributed by atoms with van der Waals surface area (Å²) in [6, 6.07) is 19.2. The van der Waals surface area contributed by atoms with Gasteiger partial charge in [0, 0.05) is 23.6 Å². The number of aromatic nitrogens is 3. The molecule has 178 valence electrons. The SMILES string of the molecule is CC(C)(C)c1ccccc1Oc1ncccc1NC(=O)Nc1cccc(-n2ccc(C(N)=O)n2)c1. The minimum atomic E-state index is -0.614. The van der Waals surface area contributed by atoms with Crippen LogP contribution in [0.3, 0.4) is 0 Å². The number of primary amides is 1. The van der Waals surface area contributed by atoms with Crippen molar-refractivity contribution in [1.82, 2.24) is 14.8 Å². The molecule has 0 radical (unpaired) electrons. The standard InChI is InChI=1S/C26H26N6O3/c1-26(2,3)19-10-4-5-12-22(19)35-24-21(11-7-14-28-24)30-25(34)29-17-8-6-9-18(16-17)32-15-13-20(31-32)23(27)33/h4-16H,1-3H3,(H2,27,33)(H2,29,30,34). The number of benzene rings is 2. The van der Waals surface area contributed by atoms with Gasteiger partial charge < -0.3 is 21.1 Å². The van der Waals surface area contributed by atoms with Gasteiger partial charge in [-0.25, -0.2) is 14.5 Å². The van der Waals surface area contributed by atoms with Gasteiger partial charge in [0.05, 0.1) is 5.69 Å². The molecular formula is C26H26N6O3. The lowest BCUT2D eigenvalue weighted by Gasteiger charge is -2.22. The van der Waals surface area contributed by atoms with Gasteiger partial charge in [-0.2, -0.15) is 5.10 Å². The molecule has 4 rings (SSSR count). The first-order valence-electron chi connectivity index (χ1n) is 11.0. The number of amides is 3. The maximum Gasteiger partial charge on any atom is 0.323 e. The summed E-state index contributed by atoms with van der Waals surface area (Å²) >= 11 is 0. The maximum atomic E-state index is 12.8. The van der Waals surface area contributed by atoms with Crippen molar-refractivity contribution >= 4 is 23.3 Å². The molecule has 2 heterocycles. The molecular weight excluding hydrogens is 444 g/mol. The third-order valence-corrected chi connectivity index (χ3v) is 5.13. The quantitative estimate of drug-likeness (QED) is 0.362. The number of nitrogens with one attached hydrogen (secondary N) is 2. The lowest BCUT2D eigenvalue weighted by atomic mass is 9.86. The number of rotatable bonds is 6. The number of hydrogen-bond donors (Lipinski definition) is 3. The van der Waals surface area contributed by atoms with Crippen LogP contribution in [0.15, 0.2) is 79.1 Å². The second kappa shape index (κ2) is 9.68. The minimum Gasteiger partial charge on any atom is -0.437 e. The number of anilines is 2. The maximum absolute atomic E-state index is 12.8. The molecule has 0 aliphatic heterocycles. The largest absolute Gasteiger partial charge is 0.437 e. The van der Waals surface area contributed by atoms with Crippen LogP contribution in [0.5, 0.6) is 11.6 Å². The molecule has 0 bridgehead atoms. The highest BCUT2D eigenvalue weighted by atomic mass is 16.5. The summed E-state index contributed by atoms with van der Waals surface area (Å²) in [5.41, 5.74) is 7.91. The van der Waals surface area contributed by atoms with Crippen molar-refractivity contribution in [1.29, 1.82) is 0 Å². The van der Waals surface area contributed by atoms with Crippen molar-refractivity contribution in [2.75, 3.05) is 10.6 Å². The Morgan fingerprint density at radius 1 is 0.971 bits per heavy atom. The Morgan fingerprint density at radius 2 is 1.77 bits per heavy atom. The number of nitrogens with two attached hydrogens (primary N) is 1. The third kappa shape index (κ3) is 5.64. The van der Waals surface area contributed by atoms with Gasteiger partial charge in [-0.15, -0.1) is 0 Å². The van der Waals surface area contributed by atoms with Crippen LogP contribution in [0, 0.1) is 0 Å². The van der Waals surface area contributed by atoms with E-state index in [2.05, 4.69) is 41.5 Å². The van der Waals surface area contributed by atoms with Crippen molar-refractivity contribution in [2.24, 2.45) is 5.73 Å². The van der Waals surface area contributed by atoms with Gasteiger partial charge >= 0.3 is 6.03 Å². The zero-order chi connectivity index (χ0) is 25.0. The lowest BCUT2D eigenvalue weighted by molar-refractivity contribution is 0.0995. The van der Waals surface area contributed by atoms with Crippen LogP contribution in [0.4, 0.5) is 16.2 Å². The first-order valence-corrected chi connectivity index (χ1v) is 11.0. The van der Waals surface area contributed by atoms with Gasteiger partial charge in [-0.1, -0.05) is 45.0 Å². The fraction of sp³-hybridized carbons (Fsp3) is 0.154. The van der Waals surface area contributed by atoms with Gasteiger partial charge in [-0.05, 0) is 47.9 Å². The summed E-state index contributed by atoms with van der Waals surface area (Å²) in [7, 11) is 0. The van der Waals surface area contributed by atoms with E-state index in [-0.39, 0.29) is 17.0 Å². The van der Waals surface area contributed by atoms with Crippen LogP contribution in [0.25, 0.3) is 5.69 Å². The summed E-state index contributed by atoms with van der Waals surface area (Å²) in [5, 5.41) is 9.72. The number of hydrogen-bond acceptors (Lipinski definition) is 5. The van der Waals surface area contributed by atoms with Crippen molar-refractivity contribution in [2.45, 2.75) is 26.2 Å². The molecule has 2 aromatic carbocycles. The highest BCUT2D eigenvalue weighted by molar-refractivity contribution is 6.00. The van der Waals surface area contributed by atoms with Crippen LogP contribution >= 0.6 is 0 Å². The highest BCUT2D eigenvalue weighted by Crippen LogP contribution is 2.35. The molecule has 0 aliphatic carbocycles. The summed E-state index contributed by atoms with van der Waals surface area (Å²) in [5.74, 6) is 0.338. The van der Waals surface area contributed by atoms with Gasteiger partial charge in [0.1, 0.15) is 17.1 Å². The normalized spacial score (nSPS) is 11.1. The molecule has 3 amide bonds. The molecule has 0 aliphatic rings. The van der Waals surface area contributed by atoms with E-state index in [9.17, 15) is 9.59 Å². The molecule has 4 N–H and O–H groups in total.